The second kappa shape index (κ2) is 10.0. The number of sulfonamides is 1. The summed E-state index contributed by atoms with van der Waals surface area (Å²) in [6.07, 6.45) is 1.67. The van der Waals surface area contributed by atoms with Gasteiger partial charge in [-0.25, -0.2) is 8.42 Å². The summed E-state index contributed by atoms with van der Waals surface area (Å²) < 4.78 is 36.9. The van der Waals surface area contributed by atoms with Crippen molar-refractivity contribution in [1.29, 1.82) is 0 Å². The normalized spacial score (nSPS) is 14.3. The molecule has 0 radical (unpaired) electrons. The molecule has 1 aliphatic rings. The Balaban J connectivity index is 1.53. The SMILES string of the molecule is CCCc1nnc2c3ccccc3c(-c3ccc(N4CCOCC4)c(NS(=O)(=O)c4ccccc4)c3)nn12. The van der Waals surface area contributed by atoms with E-state index >= 15 is 0 Å². The summed E-state index contributed by atoms with van der Waals surface area (Å²) in [5.41, 5.74) is 3.54. The first-order valence-corrected chi connectivity index (χ1v) is 14.2. The largest absolute Gasteiger partial charge is 0.378 e. The molecule has 1 fully saturated rings. The molecule has 0 amide bonds. The molecule has 0 atom stereocenters. The van der Waals surface area contributed by atoms with Gasteiger partial charge < -0.3 is 9.64 Å². The topological polar surface area (TPSA) is 102 Å². The monoisotopic (exact) mass is 528 g/mol. The van der Waals surface area contributed by atoms with Crippen LogP contribution in [0.1, 0.15) is 19.2 Å². The van der Waals surface area contributed by atoms with Crippen LogP contribution in [0.25, 0.3) is 27.7 Å². The maximum Gasteiger partial charge on any atom is 0.261 e. The zero-order valence-corrected chi connectivity index (χ0v) is 21.9. The minimum absolute atomic E-state index is 0.206. The molecule has 0 unspecified atom stereocenters. The molecule has 10 heteroatoms. The molecule has 0 spiro atoms. The molecule has 5 aromatic rings. The Morgan fingerprint density at radius 1 is 0.921 bits per heavy atom. The summed E-state index contributed by atoms with van der Waals surface area (Å²) in [7, 11) is -3.81. The van der Waals surface area contributed by atoms with E-state index in [1.165, 1.54) is 0 Å². The lowest BCUT2D eigenvalue weighted by molar-refractivity contribution is 0.123. The number of hydrogen-bond donors (Lipinski definition) is 1. The van der Waals surface area contributed by atoms with E-state index in [2.05, 4.69) is 26.7 Å². The lowest BCUT2D eigenvalue weighted by Gasteiger charge is -2.31. The number of benzene rings is 3. The van der Waals surface area contributed by atoms with Crippen LogP contribution in [0.4, 0.5) is 11.4 Å². The van der Waals surface area contributed by atoms with Crippen molar-refractivity contribution in [3.63, 3.8) is 0 Å². The Morgan fingerprint density at radius 2 is 1.66 bits per heavy atom. The Bertz CT molecular complexity index is 1710. The van der Waals surface area contributed by atoms with Crippen molar-refractivity contribution in [2.24, 2.45) is 0 Å². The highest BCUT2D eigenvalue weighted by atomic mass is 32.2. The summed E-state index contributed by atoms with van der Waals surface area (Å²) in [5, 5.41) is 15.6. The van der Waals surface area contributed by atoms with E-state index in [4.69, 9.17) is 9.84 Å². The third-order valence-electron chi connectivity index (χ3n) is 6.72. The summed E-state index contributed by atoms with van der Waals surface area (Å²) in [6, 6.07) is 22.2. The van der Waals surface area contributed by atoms with Gasteiger partial charge in [-0.1, -0.05) is 55.5 Å². The van der Waals surface area contributed by atoms with Crippen molar-refractivity contribution < 1.29 is 13.2 Å². The van der Waals surface area contributed by atoms with Crippen LogP contribution < -0.4 is 9.62 Å². The van der Waals surface area contributed by atoms with Gasteiger partial charge in [-0.3, -0.25) is 4.72 Å². The lowest BCUT2D eigenvalue weighted by atomic mass is 10.0. The van der Waals surface area contributed by atoms with Gasteiger partial charge in [0.15, 0.2) is 11.5 Å². The number of fused-ring (bicyclic) bond motifs is 3. The maximum atomic E-state index is 13.4. The quantitative estimate of drug-likeness (QED) is 0.331. The number of rotatable bonds is 7. The van der Waals surface area contributed by atoms with Crippen molar-refractivity contribution in [2.75, 3.05) is 35.9 Å². The first kappa shape index (κ1) is 24.3. The van der Waals surface area contributed by atoms with Crippen molar-refractivity contribution in [3.8, 4) is 11.3 Å². The molecular weight excluding hydrogens is 500 g/mol. The molecule has 2 aromatic heterocycles. The average Bonchev–Trinajstić information content (AvgIpc) is 3.36. The first-order valence-electron chi connectivity index (χ1n) is 12.7. The molecule has 9 nitrogen and oxygen atoms in total. The van der Waals surface area contributed by atoms with Crippen LogP contribution in [0.2, 0.25) is 0 Å². The first-order chi connectivity index (χ1) is 18.5. The van der Waals surface area contributed by atoms with Crippen LogP contribution in [0, 0.1) is 0 Å². The van der Waals surface area contributed by atoms with E-state index < -0.39 is 10.0 Å². The minimum atomic E-state index is -3.81. The van der Waals surface area contributed by atoms with Gasteiger partial charge in [0.25, 0.3) is 10.0 Å². The van der Waals surface area contributed by atoms with Crippen LogP contribution in [0.5, 0.6) is 0 Å². The highest BCUT2D eigenvalue weighted by Gasteiger charge is 2.22. The smallest absolute Gasteiger partial charge is 0.261 e. The maximum absolute atomic E-state index is 13.4. The molecule has 3 heterocycles. The number of hydrogen-bond acceptors (Lipinski definition) is 7. The second-order valence-electron chi connectivity index (χ2n) is 9.25. The second-order valence-corrected chi connectivity index (χ2v) is 10.9. The van der Waals surface area contributed by atoms with Gasteiger partial charge in [0.05, 0.1) is 35.2 Å². The number of aromatic nitrogens is 4. The predicted molar refractivity (Wildman–Crippen MR) is 148 cm³/mol. The van der Waals surface area contributed by atoms with E-state index in [0.29, 0.717) is 37.6 Å². The van der Waals surface area contributed by atoms with Gasteiger partial charge in [0, 0.05) is 35.8 Å². The van der Waals surface area contributed by atoms with E-state index in [1.54, 1.807) is 30.3 Å². The van der Waals surface area contributed by atoms with Crippen molar-refractivity contribution in [3.05, 3.63) is 78.6 Å². The highest BCUT2D eigenvalue weighted by Crippen LogP contribution is 2.36. The number of morpholine rings is 1. The van der Waals surface area contributed by atoms with Gasteiger partial charge in [-0.15, -0.1) is 10.2 Å². The fourth-order valence-corrected chi connectivity index (χ4v) is 5.95. The number of nitrogens with zero attached hydrogens (tertiary/aromatic N) is 5. The van der Waals surface area contributed by atoms with Crippen LogP contribution in [0.15, 0.2) is 77.7 Å². The van der Waals surface area contributed by atoms with E-state index in [0.717, 1.165) is 46.4 Å². The summed E-state index contributed by atoms with van der Waals surface area (Å²) in [6.45, 7) is 4.62. The van der Waals surface area contributed by atoms with Crippen LogP contribution in [-0.4, -0.2) is 54.5 Å². The molecule has 1 aliphatic heterocycles. The van der Waals surface area contributed by atoms with Crippen molar-refractivity contribution in [2.45, 2.75) is 24.7 Å². The zero-order chi connectivity index (χ0) is 26.1. The fraction of sp³-hybridized carbons (Fsp3) is 0.250. The Kier molecular flexibility index (Phi) is 6.42. The van der Waals surface area contributed by atoms with Gasteiger partial charge in [0.2, 0.25) is 0 Å². The number of aryl methyl sites for hydroxylation is 1. The molecule has 3 aromatic carbocycles. The Labute approximate surface area is 221 Å². The third-order valence-corrected chi connectivity index (χ3v) is 8.10. The molecule has 1 N–H and O–H groups in total. The van der Waals surface area contributed by atoms with Gasteiger partial charge in [0.1, 0.15) is 0 Å². The summed E-state index contributed by atoms with van der Waals surface area (Å²) in [4.78, 5) is 2.35. The Morgan fingerprint density at radius 3 is 2.42 bits per heavy atom. The molecule has 194 valence electrons. The van der Waals surface area contributed by atoms with E-state index in [9.17, 15) is 8.42 Å². The summed E-state index contributed by atoms with van der Waals surface area (Å²) >= 11 is 0. The van der Waals surface area contributed by atoms with Crippen LogP contribution in [-0.2, 0) is 21.2 Å². The molecular formula is C28H28N6O3S. The standard InChI is InChI=1S/C28H28N6O3S/c1-2-8-26-29-30-28-23-12-7-6-11-22(23)27(31-34(26)28)20-13-14-25(33-15-17-37-18-16-33)24(19-20)32-38(35,36)21-9-4-3-5-10-21/h3-7,9-14,19,32H,2,8,15-18H2,1H3. The van der Waals surface area contributed by atoms with Crippen LogP contribution in [0.3, 0.4) is 0 Å². The number of ether oxygens (including phenoxy) is 1. The van der Waals surface area contributed by atoms with Crippen molar-refractivity contribution >= 4 is 37.8 Å². The highest BCUT2D eigenvalue weighted by molar-refractivity contribution is 7.92. The molecule has 1 saturated heterocycles. The van der Waals surface area contributed by atoms with Gasteiger partial charge >= 0.3 is 0 Å². The fourth-order valence-electron chi connectivity index (χ4n) is 4.86. The molecule has 6 rings (SSSR count). The number of nitrogens with one attached hydrogen (secondary N) is 1. The molecule has 0 bridgehead atoms. The van der Waals surface area contributed by atoms with Crippen molar-refractivity contribution in [1.82, 2.24) is 19.8 Å². The Hall–Kier alpha value is -4.02. The predicted octanol–water partition coefficient (Wildman–Crippen LogP) is 4.53. The van der Waals surface area contributed by atoms with Gasteiger partial charge in [-0.2, -0.15) is 9.61 Å². The van der Waals surface area contributed by atoms with E-state index in [-0.39, 0.29) is 4.90 Å². The number of anilines is 2. The average molecular weight is 529 g/mol. The van der Waals surface area contributed by atoms with Gasteiger partial charge in [-0.05, 0) is 30.7 Å². The molecule has 0 saturated carbocycles. The molecule has 38 heavy (non-hydrogen) atoms. The van der Waals surface area contributed by atoms with Crippen LogP contribution >= 0.6 is 0 Å². The lowest BCUT2D eigenvalue weighted by Crippen LogP contribution is -2.36. The summed E-state index contributed by atoms with van der Waals surface area (Å²) in [5.74, 6) is 0.796. The molecule has 0 aliphatic carbocycles. The zero-order valence-electron chi connectivity index (χ0n) is 21.0. The third kappa shape index (κ3) is 4.46. The van der Waals surface area contributed by atoms with E-state index in [1.807, 2.05) is 47.0 Å². The minimum Gasteiger partial charge on any atom is -0.378 e.